The molecule has 0 aromatic heterocycles. The van der Waals surface area contributed by atoms with Crippen LogP contribution < -0.4 is 0 Å². The molecule has 0 N–H and O–H groups in total. The van der Waals surface area contributed by atoms with Crippen LogP contribution in [0.2, 0.25) is 0 Å². The first-order chi connectivity index (χ1) is 34.7. The van der Waals surface area contributed by atoms with Crippen molar-refractivity contribution in [2.45, 2.75) is 432 Å². The molecular weight excluding hydrogens is 841 g/mol. The van der Waals surface area contributed by atoms with E-state index in [2.05, 4.69) is 34.1 Å². The minimum Gasteiger partial charge on any atom is -0.0654 e. The molecule has 70 heavy (non-hydrogen) atoms. The van der Waals surface area contributed by atoms with Crippen molar-refractivity contribution in [2.75, 3.05) is 0 Å². The SMILES string of the molecule is CCCCCCCCCCCCCCCCCCCCCCCC(CCC[CH]CCCCC(C)CCCCCCCCCCCCCCCCC)CCCCCCCCCCCCCCCCCCC. The molecule has 0 heteroatoms. The second-order valence-electron chi connectivity index (χ2n) is 24.5. The first-order valence-electron chi connectivity index (χ1n) is 34.6. The first-order valence-corrected chi connectivity index (χ1v) is 34.6. The summed E-state index contributed by atoms with van der Waals surface area (Å²) in [4.78, 5) is 0. The molecule has 0 aliphatic heterocycles. The Morgan fingerprint density at radius 2 is 0.357 bits per heavy atom. The topological polar surface area (TPSA) is 0 Å². The van der Waals surface area contributed by atoms with Gasteiger partial charge in [0.05, 0.1) is 0 Å². The second kappa shape index (κ2) is 65.1. The molecule has 2 unspecified atom stereocenters. The molecule has 0 fully saturated rings. The molecule has 0 saturated heterocycles. The summed E-state index contributed by atoms with van der Waals surface area (Å²) in [6, 6.07) is 0. The van der Waals surface area contributed by atoms with Gasteiger partial charge in [-0.25, -0.2) is 0 Å². The predicted octanol–water partition coefficient (Wildman–Crippen LogP) is 27.1. The van der Waals surface area contributed by atoms with Crippen molar-refractivity contribution in [1.29, 1.82) is 0 Å². The van der Waals surface area contributed by atoms with Crippen LogP contribution in [0.3, 0.4) is 0 Å². The highest BCUT2D eigenvalue weighted by Gasteiger charge is 2.10. The van der Waals surface area contributed by atoms with Gasteiger partial charge in [0.25, 0.3) is 0 Å². The van der Waals surface area contributed by atoms with E-state index < -0.39 is 0 Å². The fourth-order valence-electron chi connectivity index (χ4n) is 11.9. The van der Waals surface area contributed by atoms with Gasteiger partial charge in [-0.05, 0) is 18.3 Å². The van der Waals surface area contributed by atoms with Gasteiger partial charge in [-0.1, -0.05) is 432 Å². The lowest BCUT2D eigenvalue weighted by molar-refractivity contribution is 0.370. The van der Waals surface area contributed by atoms with E-state index in [4.69, 9.17) is 0 Å². The Balaban J connectivity index is 4.02. The third-order valence-corrected chi connectivity index (χ3v) is 17.1. The Bertz CT molecular complexity index is 858. The molecule has 0 bridgehead atoms. The molecule has 2 atom stereocenters. The molecule has 0 spiro atoms. The minimum absolute atomic E-state index is 0.941. The van der Waals surface area contributed by atoms with Gasteiger partial charge in [-0.3, -0.25) is 0 Å². The summed E-state index contributed by atoms with van der Waals surface area (Å²) >= 11 is 0. The van der Waals surface area contributed by atoms with E-state index in [1.807, 2.05) is 0 Å². The highest BCUT2D eigenvalue weighted by molar-refractivity contribution is 4.69. The molecule has 0 aliphatic rings. The van der Waals surface area contributed by atoms with Gasteiger partial charge in [0.15, 0.2) is 0 Å². The largest absolute Gasteiger partial charge is 0.0654 e. The zero-order chi connectivity index (χ0) is 50.4. The third-order valence-electron chi connectivity index (χ3n) is 17.1. The summed E-state index contributed by atoms with van der Waals surface area (Å²) in [6.45, 7) is 9.50. The Kier molecular flexibility index (Phi) is 65.1. The van der Waals surface area contributed by atoms with Crippen molar-refractivity contribution < 1.29 is 0 Å². The van der Waals surface area contributed by atoms with Gasteiger partial charge in [0, 0.05) is 0 Å². The van der Waals surface area contributed by atoms with E-state index in [9.17, 15) is 0 Å². The molecule has 421 valence electrons. The van der Waals surface area contributed by atoms with Crippen LogP contribution in [0.1, 0.15) is 432 Å². The van der Waals surface area contributed by atoms with Crippen LogP contribution in [0, 0.1) is 18.3 Å². The van der Waals surface area contributed by atoms with E-state index in [1.54, 1.807) is 0 Å². The van der Waals surface area contributed by atoms with Crippen molar-refractivity contribution in [3.8, 4) is 0 Å². The Labute approximate surface area is 448 Å². The third kappa shape index (κ3) is 62.3. The molecule has 0 saturated carbocycles. The lowest BCUT2D eigenvalue weighted by Gasteiger charge is -2.17. The molecule has 0 amide bonds. The highest BCUT2D eigenvalue weighted by Crippen LogP contribution is 2.26. The van der Waals surface area contributed by atoms with Crippen LogP contribution in [-0.4, -0.2) is 0 Å². The van der Waals surface area contributed by atoms with Crippen LogP contribution in [0.15, 0.2) is 0 Å². The van der Waals surface area contributed by atoms with E-state index in [0.717, 1.165) is 11.8 Å². The standard InChI is InChI=1S/C70H141/c1-5-8-11-14-17-20-23-26-29-31-32-33-34-36-39-42-45-48-51-57-62-67-70(66-61-56-50-47-44-41-38-35-30-27-24-21-18-15-12-9-6-2)68-63-58-53-52-55-60-65-69(4)64-59-54-49-46-43-40-37-28-25-22-19-16-13-10-7-3/h53,69-70H,5-52,54-68H2,1-4H3. The predicted molar refractivity (Wildman–Crippen MR) is 325 cm³/mol. The van der Waals surface area contributed by atoms with Crippen LogP contribution >= 0.6 is 0 Å². The number of hydrogen-bond donors (Lipinski definition) is 0. The van der Waals surface area contributed by atoms with Crippen LogP contribution in [0.5, 0.6) is 0 Å². The average molecular weight is 983 g/mol. The maximum atomic E-state index is 2.69. The Morgan fingerprint density at radius 1 is 0.186 bits per heavy atom. The van der Waals surface area contributed by atoms with Crippen LogP contribution in [-0.2, 0) is 0 Å². The smallest absolute Gasteiger partial charge is 0.0386 e. The van der Waals surface area contributed by atoms with Crippen LogP contribution in [0.4, 0.5) is 0 Å². The van der Waals surface area contributed by atoms with Gasteiger partial charge in [0.1, 0.15) is 0 Å². The Morgan fingerprint density at radius 3 is 0.600 bits per heavy atom. The van der Waals surface area contributed by atoms with Crippen molar-refractivity contribution >= 4 is 0 Å². The maximum Gasteiger partial charge on any atom is -0.0386 e. The van der Waals surface area contributed by atoms with Crippen molar-refractivity contribution in [2.24, 2.45) is 11.8 Å². The summed E-state index contributed by atoms with van der Waals surface area (Å²) in [7, 11) is 0. The quantitative estimate of drug-likeness (QED) is 0.0533. The zero-order valence-electron chi connectivity index (χ0n) is 50.3. The van der Waals surface area contributed by atoms with Gasteiger partial charge in [-0.15, -0.1) is 0 Å². The van der Waals surface area contributed by atoms with E-state index >= 15 is 0 Å². The summed E-state index contributed by atoms with van der Waals surface area (Å²) in [5, 5.41) is 0. The number of unbranched alkanes of at least 4 members (excludes halogenated alkanes) is 55. The van der Waals surface area contributed by atoms with Gasteiger partial charge < -0.3 is 0 Å². The zero-order valence-corrected chi connectivity index (χ0v) is 50.3. The van der Waals surface area contributed by atoms with Crippen molar-refractivity contribution in [3.63, 3.8) is 0 Å². The molecule has 0 aromatic carbocycles. The second-order valence-corrected chi connectivity index (χ2v) is 24.5. The fourth-order valence-corrected chi connectivity index (χ4v) is 11.9. The Hall–Kier alpha value is 0. The van der Waals surface area contributed by atoms with E-state index in [1.165, 1.54) is 405 Å². The summed E-state index contributed by atoms with van der Waals surface area (Å²) in [6.07, 6.45) is 95.7. The summed E-state index contributed by atoms with van der Waals surface area (Å²) in [5.74, 6) is 1.95. The van der Waals surface area contributed by atoms with Crippen molar-refractivity contribution in [1.82, 2.24) is 0 Å². The average Bonchev–Trinajstić information content (AvgIpc) is 3.37. The molecule has 1 radical (unpaired) electrons. The van der Waals surface area contributed by atoms with Crippen LogP contribution in [0.25, 0.3) is 0 Å². The van der Waals surface area contributed by atoms with Gasteiger partial charge in [-0.2, -0.15) is 0 Å². The normalized spacial score (nSPS) is 12.7. The van der Waals surface area contributed by atoms with Crippen molar-refractivity contribution in [3.05, 3.63) is 6.42 Å². The summed E-state index contributed by atoms with van der Waals surface area (Å²) in [5.41, 5.74) is 0. The van der Waals surface area contributed by atoms with E-state index in [-0.39, 0.29) is 0 Å². The molecule has 0 aliphatic carbocycles. The molecule has 0 nitrogen and oxygen atoms in total. The summed E-state index contributed by atoms with van der Waals surface area (Å²) < 4.78 is 0. The van der Waals surface area contributed by atoms with E-state index in [0.29, 0.717) is 0 Å². The minimum atomic E-state index is 0.941. The molecular formula is C70H141. The number of rotatable bonds is 65. The highest BCUT2D eigenvalue weighted by atomic mass is 14.2. The first kappa shape index (κ1) is 70.0. The maximum absolute atomic E-state index is 2.69. The number of hydrogen-bond acceptors (Lipinski definition) is 0. The van der Waals surface area contributed by atoms with Gasteiger partial charge in [0.2, 0.25) is 0 Å². The lowest BCUT2D eigenvalue weighted by atomic mass is 9.89. The van der Waals surface area contributed by atoms with Gasteiger partial charge >= 0.3 is 0 Å². The molecule has 0 aromatic rings. The lowest BCUT2D eigenvalue weighted by Crippen LogP contribution is -2.02. The molecule has 0 heterocycles. The fraction of sp³-hybridized carbons (Fsp3) is 0.986. The molecule has 0 rings (SSSR count). The monoisotopic (exact) mass is 982 g/mol.